The highest BCUT2D eigenvalue weighted by atomic mass is 79.9. The van der Waals surface area contributed by atoms with Gasteiger partial charge >= 0.3 is 0 Å². The molecule has 2 aromatic carbocycles. The molecule has 0 N–H and O–H groups in total. The third kappa shape index (κ3) is 9.93. The minimum Gasteiger partial charge on any atom is -0.490 e. The van der Waals surface area contributed by atoms with Crippen molar-refractivity contribution in [2.75, 3.05) is 13.2 Å². The third-order valence-corrected chi connectivity index (χ3v) is 8.94. The standard InChI is InChI=1S/C23H27Br5O2/c24-18-13-14-20(23(28)22(18)27)30-16-15-29-19-11-8-7-10-17(19)9-5-3-1-2-4-6-12-21(25)26/h7-8,10-11,13-14,21H,1-6,9,12,15-16H2. The van der Waals surface area contributed by atoms with Crippen LogP contribution in [0.2, 0.25) is 0 Å². The quantitative estimate of drug-likeness (QED) is 0.109. The van der Waals surface area contributed by atoms with Crippen molar-refractivity contribution < 1.29 is 9.47 Å². The number of halogens is 5. The Morgan fingerprint density at radius 3 is 2.03 bits per heavy atom. The summed E-state index contributed by atoms with van der Waals surface area (Å²) < 4.78 is 15.2. The van der Waals surface area contributed by atoms with Crippen LogP contribution < -0.4 is 9.47 Å². The highest BCUT2D eigenvalue weighted by molar-refractivity contribution is 9.24. The van der Waals surface area contributed by atoms with Crippen LogP contribution in [0.15, 0.2) is 49.8 Å². The molecule has 0 saturated heterocycles. The average molecular weight is 735 g/mol. The second-order valence-electron chi connectivity index (χ2n) is 7.03. The van der Waals surface area contributed by atoms with E-state index >= 15 is 0 Å². The summed E-state index contributed by atoms with van der Waals surface area (Å²) in [5.74, 6) is 1.77. The minimum atomic E-state index is 0.463. The maximum atomic E-state index is 6.02. The molecule has 2 nitrogen and oxygen atoms in total. The minimum absolute atomic E-state index is 0.463. The molecule has 0 aliphatic rings. The van der Waals surface area contributed by atoms with Gasteiger partial charge in [0.05, 0.1) is 8.21 Å². The number of hydrogen-bond donors (Lipinski definition) is 0. The fourth-order valence-electron chi connectivity index (χ4n) is 3.10. The van der Waals surface area contributed by atoms with E-state index in [1.54, 1.807) is 0 Å². The number of ether oxygens (including phenoxy) is 2. The van der Waals surface area contributed by atoms with Gasteiger partial charge in [-0.3, -0.25) is 0 Å². The van der Waals surface area contributed by atoms with E-state index in [0.717, 1.165) is 31.3 Å². The number of unbranched alkanes of at least 4 members (excludes halogenated alkanes) is 5. The lowest BCUT2D eigenvalue weighted by atomic mass is 10.0. The Morgan fingerprint density at radius 2 is 1.30 bits per heavy atom. The van der Waals surface area contributed by atoms with Crippen LogP contribution in [0, 0.1) is 0 Å². The second-order valence-corrected chi connectivity index (χ2v) is 12.9. The number of alkyl halides is 2. The molecule has 0 aliphatic carbocycles. The first-order chi connectivity index (χ1) is 14.5. The lowest BCUT2D eigenvalue weighted by molar-refractivity contribution is 0.215. The number of aryl methyl sites for hydroxylation is 1. The summed E-state index contributed by atoms with van der Waals surface area (Å²) in [5.41, 5.74) is 1.28. The molecular weight excluding hydrogens is 708 g/mol. The van der Waals surface area contributed by atoms with Crippen molar-refractivity contribution in [2.24, 2.45) is 0 Å². The SMILES string of the molecule is Brc1ccc(OCCOc2ccccc2CCCCCCCCC(Br)Br)c(Br)c1Br. The third-order valence-electron chi connectivity index (χ3n) is 4.69. The van der Waals surface area contributed by atoms with Crippen molar-refractivity contribution >= 4 is 79.6 Å². The molecule has 166 valence electrons. The molecule has 0 unspecified atom stereocenters. The molecule has 0 spiro atoms. The Morgan fingerprint density at radius 1 is 0.667 bits per heavy atom. The van der Waals surface area contributed by atoms with Crippen LogP contribution in [0.4, 0.5) is 0 Å². The number of hydrogen-bond acceptors (Lipinski definition) is 2. The van der Waals surface area contributed by atoms with Crippen LogP contribution in [0.1, 0.15) is 50.5 Å². The van der Waals surface area contributed by atoms with Gasteiger partial charge in [0.1, 0.15) is 24.7 Å². The van der Waals surface area contributed by atoms with Gasteiger partial charge in [-0.15, -0.1) is 0 Å². The van der Waals surface area contributed by atoms with Crippen molar-refractivity contribution in [2.45, 2.75) is 55.1 Å². The first kappa shape index (κ1) is 26.7. The van der Waals surface area contributed by atoms with Gasteiger partial charge in [-0.2, -0.15) is 0 Å². The van der Waals surface area contributed by atoms with E-state index < -0.39 is 0 Å². The van der Waals surface area contributed by atoms with Gasteiger partial charge in [-0.1, -0.05) is 82.2 Å². The summed E-state index contributed by atoms with van der Waals surface area (Å²) in [6, 6.07) is 12.2. The summed E-state index contributed by atoms with van der Waals surface area (Å²) in [6.07, 6.45) is 9.98. The number of benzene rings is 2. The molecule has 0 fully saturated rings. The molecule has 0 heterocycles. The molecule has 0 aromatic heterocycles. The topological polar surface area (TPSA) is 18.5 Å². The van der Waals surface area contributed by atoms with Gasteiger partial charge in [-0.05, 0) is 90.8 Å². The molecule has 0 radical (unpaired) electrons. The van der Waals surface area contributed by atoms with Crippen LogP contribution in [0.5, 0.6) is 11.5 Å². The Bertz CT molecular complexity index is 767. The van der Waals surface area contributed by atoms with E-state index in [0.29, 0.717) is 17.0 Å². The monoisotopic (exact) mass is 730 g/mol. The van der Waals surface area contributed by atoms with E-state index in [2.05, 4.69) is 97.8 Å². The fraction of sp³-hybridized carbons (Fsp3) is 0.478. The van der Waals surface area contributed by atoms with E-state index in [1.165, 1.54) is 50.5 Å². The largest absolute Gasteiger partial charge is 0.490 e. The van der Waals surface area contributed by atoms with Crippen LogP contribution in [-0.2, 0) is 6.42 Å². The molecule has 0 saturated carbocycles. The smallest absolute Gasteiger partial charge is 0.134 e. The van der Waals surface area contributed by atoms with Crippen molar-refractivity contribution in [1.29, 1.82) is 0 Å². The predicted molar refractivity (Wildman–Crippen MR) is 145 cm³/mol. The predicted octanol–water partition coefficient (Wildman–Crippen LogP) is 9.82. The van der Waals surface area contributed by atoms with Crippen molar-refractivity contribution in [3.05, 3.63) is 55.4 Å². The molecule has 0 atom stereocenters. The molecule has 30 heavy (non-hydrogen) atoms. The van der Waals surface area contributed by atoms with Gasteiger partial charge in [0.25, 0.3) is 0 Å². The highest BCUT2D eigenvalue weighted by Crippen LogP contribution is 2.37. The molecular formula is C23H27Br5O2. The first-order valence-electron chi connectivity index (χ1n) is 10.2. The van der Waals surface area contributed by atoms with Crippen molar-refractivity contribution in [3.8, 4) is 11.5 Å². The Kier molecular flexibility index (Phi) is 13.6. The van der Waals surface area contributed by atoms with E-state index in [1.807, 2.05) is 18.2 Å². The normalized spacial score (nSPS) is 11.1. The fourth-order valence-corrected chi connectivity index (χ4v) is 5.13. The Hall–Kier alpha value is 0.440. The summed E-state index contributed by atoms with van der Waals surface area (Å²) in [7, 11) is 0. The van der Waals surface area contributed by atoms with Crippen LogP contribution >= 0.6 is 79.6 Å². The highest BCUT2D eigenvalue weighted by Gasteiger charge is 2.09. The molecule has 0 bridgehead atoms. The van der Waals surface area contributed by atoms with Gasteiger partial charge in [0.2, 0.25) is 0 Å². The van der Waals surface area contributed by atoms with Crippen molar-refractivity contribution in [3.63, 3.8) is 0 Å². The van der Waals surface area contributed by atoms with Gasteiger partial charge in [0, 0.05) is 8.95 Å². The van der Waals surface area contributed by atoms with Gasteiger partial charge in [-0.25, -0.2) is 0 Å². The number of rotatable bonds is 14. The second kappa shape index (κ2) is 15.3. The molecule has 7 heteroatoms. The Balaban J connectivity index is 1.68. The number of para-hydroxylation sites is 1. The molecule has 2 aromatic rings. The van der Waals surface area contributed by atoms with Crippen molar-refractivity contribution in [1.82, 2.24) is 0 Å². The summed E-state index contributed by atoms with van der Waals surface area (Å²) in [5, 5.41) is 0. The zero-order chi connectivity index (χ0) is 21.8. The average Bonchev–Trinajstić information content (AvgIpc) is 2.73. The van der Waals surface area contributed by atoms with E-state index in [-0.39, 0.29) is 0 Å². The van der Waals surface area contributed by atoms with Gasteiger partial charge in [0.15, 0.2) is 0 Å². The first-order valence-corrected chi connectivity index (χ1v) is 14.4. The maximum absolute atomic E-state index is 6.02. The van der Waals surface area contributed by atoms with E-state index in [9.17, 15) is 0 Å². The van der Waals surface area contributed by atoms with Crippen LogP contribution in [0.3, 0.4) is 0 Å². The summed E-state index contributed by atoms with van der Waals surface area (Å²) in [4.78, 5) is 0. The Labute approximate surface area is 222 Å². The summed E-state index contributed by atoms with van der Waals surface area (Å²) >= 11 is 17.6. The zero-order valence-corrected chi connectivity index (χ0v) is 24.7. The lowest BCUT2D eigenvalue weighted by Crippen LogP contribution is -2.10. The zero-order valence-electron chi connectivity index (χ0n) is 16.8. The molecule has 0 aliphatic heterocycles. The van der Waals surface area contributed by atoms with Crippen LogP contribution in [0.25, 0.3) is 0 Å². The van der Waals surface area contributed by atoms with E-state index in [4.69, 9.17) is 9.47 Å². The van der Waals surface area contributed by atoms with Gasteiger partial charge < -0.3 is 9.47 Å². The lowest BCUT2D eigenvalue weighted by Gasteiger charge is -2.13. The molecule has 0 amide bonds. The maximum Gasteiger partial charge on any atom is 0.134 e. The summed E-state index contributed by atoms with van der Waals surface area (Å²) in [6.45, 7) is 1.00. The van der Waals surface area contributed by atoms with Crippen LogP contribution in [-0.4, -0.2) is 17.0 Å². The molecule has 2 rings (SSSR count).